The number of hydrogen-bond acceptors (Lipinski definition) is 4. The molecule has 3 aromatic rings. The Bertz CT molecular complexity index is 883. The van der Waals surface area contributed by atoms with Gasteiger partial charge >= 0.3 is 0 Å². The summed E-state index contributed by atoms with van der Waals surface area (Å²) in [7, 11) is 0. The Morgan fingerprint density at radius 3 is 2.56 bits per heavy atom. The van der Waals surface area contributed by atoms with Gasteiger partial charge in [0.25, 0.3) is 5.91 Å². The van der Waals surface area contributed by atoms with Gasteiger partial charge in [0, 0.05) is 12.2 Å². The zero-order chi connectivity index (χ0) is 18.0. The van der Waals surface area contributed by atoms with Gasteiger partial charge in [0.15, 0.2) is 5.65 Å². The number of nitrogens with one attached hydrogen (secondary N) is 2. The van der Waals surface area contributed by atoms with Crippen LogP contribution in [0.15, 0.2) is 48.8 Å². The Kier molecular flexibility index (Phi) is 4.44. The SMILES string of the molecule is CC(C)NC(=O)c1cnn2ccc(NC(C)(C)c3ccccc3)nc12. The molecule has 1 aromatic carbocycles. The highest BCUT2D eigenvalue weighted by Gasteiger charge is 2.21. The lowest BCUT2D eigenvalue weighted by Gasteiger charge is -2.27. The summed E-state index contributed by atoms with van der Waals surface area (Å²) in [6, 6.07) is 12.1. The van der Waals surface area contributed by atoms with E-state index in [9.17, 15) is 4.79 Å². The largest absolute Gasteiger partial charge is 0.361 e. The molecule has 130 valence electrons. The van der Waals surface area contributed by atoms with Crippen molar-refractivity contribution in [2.24, 2.45) is 0 Å². The summed E-state index contributed by atoms with van der Waals surface area (Å²) in [5.74, 6) is 0.525. The van der Waals surface area contributed by atoms with Gasteiger partial charge in [-0.25, -0.2) is 9.50 Å². The molecule has 0 aliphatic rings. The molecule has 0 aliphatic heterocycles. The van der Waals surface area contributed by atoms with E-state index in [-0.39, 0.29) is 17.5 Å². The fraction of sp³-hybridized carbons (Fsp3) is 0.316. The third-order valence-electron chi connectivity index (χ3n) is 3.97. The summed E-state index contributed by atoms with van der Waals surface area (Å²) in [5, 5.41) is 10.5. The maximum absolute atomic E-state index is 12.3. The van der Waals surface area contributed by atoms with Crippen LogP contribution >= 0.6 is 0 Å². The molecule has 3 rings (SSSR count). The molecule has 0 spiro atoms. The molecular weight excluding hydrogens is 314 g/mol. The summed E-state index contributed by atoms with van der Waals surface area (Å²) in [6.45, 7) is 8.03. The van der Waals surface area contributed by atoms with Crippen LogP contribution in [0.3, 0.4) is 0 Å². The standard InChI is InChI=1S/C19H23N5O/c1-13(2)21-18(25)15-12-20-24-11-10-16(22-17(15)24)23-19(3,4)14-8-6-5-7-9-14/h5-13H,1-4H3,(H,21,25)(H,22,23). The monoisotopic (exact) mass is 337 g/mol. The molecule has 1 amide bonds. The van der Waals surface area contributed by atoms with E-state index in [1.165, 1.54) is 0 Å². The normalized spacial score (nSPS) is 11.7. The lowest BCUT2D eigenvalue weighted by molar-refractivity contribution is 0.0944. The van der Waals surface area contributed by atoms with Crippen molar-refractivity contribution in [2.45, 2.75) is 39.3 Å². The molecule has 2 N–H and O–H groups in total. The quantitative estimate of drug-likeness (QED) is 0.750. The first-order chi connectivity index (χ1) is 11.9. The maximum atomic E-state index is 12.3. The minimum atomic E-state index is -0.299. The number of fused-ring (bicyclic) bond motifs is 1. The molecule has 0 bridgehead atoms. The van der Waals surface area contributed by atoms with Crippen LogP contribution in [0, 0.1) is 0 Å². The zero-order valence-corrected chi connectivity index (χ0v) is 14.9. The highest BCUT2D eigenvalue weighted by Crippen LogP contribution is 2.25. The highest BCUT2D eigenvalue weighted by atomic mass is 16.1. The molecule has 0 atom stereocenters. The summed E-state index contributed by atoms with van der Waals surface area (Å²) in [5.41, 5.74) is 1.86. The van der Waals surface area contributed by atoms with Gasteiger partial charge in [0.2, 0.25) is 0 Å². The molecule has 6 nitrogen and oxygen atoms in total. The van der Waals surface area contributed by atoms with Gasteiger partial charge in [0.05, 0.1) is 11.7 Å². The molecule has 0 saturated heterocycles. The molecule has 0 aliphatic carbocycles. The van der Waals surface area contributed by atoms with Gasteiger partial charge in [-0.15, -0.1) is 0 Å². The van der Waals surface area contributed by atoms with Crippen molar-refractivity contribution >= 4 is 17.4 Å². The zero-order valence-electron chi connectivity index (χ0n) is 14.9. The average Bonchev–Trinajstić information content (AvgIpc) is 2.98. The Hall–Kier alpha value is -2.89. The summed E-state index contributed by atoms with van der Waals surface area (Å²) in [4.78, 5) is 16.9. The second-order valence-electron chi connectivity index (χ2n) is 6.88. The van der Waals surface area contributed by atoms with E-state index in [0.29, 0.717) is 17.0 Å². The van der Waals surface area contributed by atoms with Crippen LogP contribution in [0.25, 0.3) is 5.65 Å². The third-order valence-corrected chi connectivity index (χ3v) is 3.97. The van der Waals surface area contributed by atoms with Crippen molar-refractivity contribution in [1.29, 1.82) is 0 Å². The lowest BCUT2D eigenvalue weighted by atomic mass is 9.94. The van der Waals surface area contributed by atoms with Crippen LogP contribution in [-0.2, 0) is 5.54 Å². The topological polar surface area (TPSA) is 71.3 Å². The van der Waals surface area contributed by atoms with Crippen LogP contribution in [0.4, 0.5) is 5.82 Å². The number of carbonyl (C=O) groups excluding carboxylic acids is 1. The minimum Gasteiger partial charge on any atom is -0.361 e. The van der Waals surface area contributed by atoms with Gasteiger partial charge < -0.3 is 10.6 Å². The number of aromatic nitrogens is 3. The summed E-state index contributed by atoms with van der Waals surface area (Å²) >= 11 is 0. The first-order valence-electron chi connectivity index (χ1n) is 8.36. The van der Waals surface area contributed by atoms with Crippen LogP contribution in [-0.4, -0.2) is 26.5 Å². The Morgan fingerprint density at radius 1 is 1.16 bits per heavy atom. The molecular formula is C19H23N5O. The van der Waals surface area contributed by atoms with E-state index >= 15 is 0 Å². The Labute approximate surface area is 147 Å². The first-order valence-corrected chi connectivity index (χ1v) is 8.36. The van der Waals surface area contributed by atoms with Crippen LogP contribution < -0.4 is 10.6 Å². The van der Waals surface area contributed by atoms with Crippen LogP contribution in [0.5, 0.6) is 0 Å². The molecule has 2 aromatic heterocycles. The van der Waals surface area contributed by atoms with E-state index in [2.05, 4.69) is 46.7 Å². The number of amides is 1. The smallest absolute Gasteiger partial charge is 0.256 e. The van der Waals surface area contributed by atoms with Crippen molar-refractivity contribution in [3.05, 3.63) is 59.9 Å². The molecule has 0 saturated carbocycles. The molecule has 25 heavy (non-hydrogen) atoms. The van der Waals surface area contributed by atoms with Crippen molar-refractivity contribution in [3.63, 3.8) is 0 Å². The van der Waals surface area contributed by atoms with E-state index in [0.717, 1.165) is 5.56 Å². The average molecular weight is 337 g/mol. The number of rotatable bonds is 5. The highest BCUT2D eigenvalue weighted by molar-refractivity contribution is 5.99. The predicted molar refractivity (Wildman–Crippen MR) is 98.7 cm³/mol. The fourth-order valence-electron chi connectivity index (χ4n) is 2.69. The molecule has 0 unspecified atom stereocenters. The van der Waals surface area contributed by atoms with Gasteiger partial charge in [-0.05, 0) is 39.3 Å². The molecule has 2 heterocycles. The van der Waals surface area contributed by atoms with E-state index in [4.69, 9.17) is 0 Å². The van der Waals surface area contributed by atoms with Gasteiger partial charge in [-0.2, -0.15) is 5.10 Å². The van der Waals surface area contributed by atoms with Crippen LogP contribution in [0.2, 0.25) is 0 Å². The Balaban J connectivity index is 1.92. The lowest BCUT2D eigenvalue weighted by Crippen LogP contribution is -2.30. The summed E-state index contributed by atoms with van der Waals surface area (Å²) in [6.07, 6.45) is 3.35. The van der Waals surface area contributed by atoms with E-state index in [1.807, 2.05) is 38.1 Å². The first kappa shape index (κ1) is 17.0. The number of benzene rings is 1. The molecule has 0 radical (unpaired) electrons. The fourth-order valence-corrected chi connectivity index (χ4v) is 2.69. The third kappa shape index (κ3) is 3.63. The Morgan fingerprint density at radius 2 is 1.88 bits per heavy atom. The second-order valence-corrected chi connectivity index (χ2v) is 6.88. The van der Waals surface area contributed by atoms with Crippen molar-refractivity contribution in [1.82, 2.24) is 19.9 Å². The number of nitrogens with zero attached hydrogens (tertiary/aromatic N) is 3. The molecule has 0 fully saturated rings. The summed E-state index contributed by atoms with van der Waals surface area (Å²) < 4.78 is 1.61. The van der Waals surface area contributed by atoms with Gasteiger partial charge in [-0.1, -0.05) is 30.3 Å². The van der Waals surface area contributed by atoms with Crippen molar-refractivity contribution in [3.8, 4) is 0 Å². The minimum absolute atomic E-state index is 0.0563. The molecule has 6 heteroatoms. The van der Waals surface area contributed by atoms with Gasteiger partial charge in [-0.3, -0.25) is 4.79 Å². The number of anilines is 1. The predicted octanol–water partition coefficient (Wildman–Crippen LogP) is 3.21. The maximum Gasteiger partial charge on any atom is 0.256 e. The number of carbonyl (C=O) groups is 1. The van der Waals surface area contributed by atoms with Crippen molar-refractivity contribution in [2.75, 3.05) is 5.32 Å². The van der Waals surface area contributed by atoms with E-state index < -0.39 is 0 Å². The van der Waals surface area contributed by atoms with Crippen molar-refractivity contribution < 1.29 is 4.79 Å². The number of hydrogen-bond donors (Lipinski definition) is 2. The van der Waals surface area contributed by atoms with Gasteiger partial charge in [0.1, 0.15) is 11.4 Å². The second kappa shape index (κ2) is 6.55. The van der Waals surface area contributed by atoms with E-state index in [1.54, 1.807) is 16.9 Å². The van der Waals surface area contributed by atoms with Crippen LogP contribution in [0.1, 0.15) is 43.6 Å².